The van der Waals surface area contributed by atoms with Gasteiger partial charge in [-0.05, 0) is 37.3 Å². The Balaban J connectivity index is 1.87. The topological polar surface area (TPSA) is 131 Å². The second-order valence-electron chi connectivity index (χ2n) is 7.27. The summed E-state index contributed by atoms with van der Waals surface area (Å²) in [6, 6.07) is 16.6. The molecule has 0 bridgehead atoms. The SMILES string of the molecule is C[C@@H](O)[C@H](NC(=O)OCc1ccccc1)C(=O)N[C@@H](CCCc1ccccc1)C(N)=O. The van der Waals surface area contributed by atoms with Crippen LogP contribution in [0.3, 0.4) is 0 Å². The average Bonchev–Trinajstić information content (AvgIpc) is 2.76. The van der Waals surface area contributed by atoms with Gasteiger partial charge in [-0.25, -0.2) is 4.79 Å². The molecule has 0 aliphatic heterocycles. The van der Waals surface area contributed by atoms with Crippen molar-refractivity contribution in [3.63, 3.8) is 0 Å². The lowest BCUT2D eigenvalue weighted by molar-refractivity contribution is -0.130. The van der Waals surface area contributed by atoms with E-state index in [0.717, 1.165) is 17.5 Å². The number of aliphatic hydroxyl groups excluding tert-OH is 1. The molecule has 166 valence electrons. The molecule has 0 aliphatic rings. The largest absolute Gasteiger partial charge is 0.445 e. The van der Waals surface area contributed by atoms with Gasteiger partial charge in [0, 0.05) is 0 Å². The third-order valence-electron chi connectivity index (χ3n) is 4.71. The molecule has 0 unspecified atom stereocenters. The van der Waals surface area contributed by atoms with Crippen LogP contribution in [-0.2, 0) is 27.4 Å². The molecule has 2 rings (SSSR count). The predicted molar refractivity (Wildman–Crippen MR) is 116 cm³/mol. The molecule has 5 N–H and O–H groups in total. The van der Waals surface area contributed by atoms with Crippen molar-refractivity contribution < 1.29 is 24.2 Å². The van der Waals surface area contributed by atoms with Crippen LogP contribution in [0.25, 0.3) is 0 Å². The van der Waals surface area contributed by atoms with E-state index in [1.807, 2.05) is 48.5 Å². The fourth-order valence-electron chi connectivity index (χ4n) is 3.00. The normalized spacial score (nSPS) is 13.5. The number of carbonyl (C=O) groups excluding carboxylic acids is 3. The lowest BCUT2D eigenvalue weighted by Crippen LogP contribution is -2.56. The number of benzene rings is 2. The van der Waals surface area contributed by atoms with E-state index in [2.05, 4.69) is 10.6 Å². The first kappa shape index (κ1) is 23.9. The lowest BCUT2D eigenvalue weighted by Gasteiger charge is -2.23. The predicted octanol–water partition coefficient (Wildman–Crippen LogP) is 1.66. The van der Waals surface area contributed by atoms with Gasteiger partial charge in [-0.1, -0.05) is 60.7 Å². The fourth-order valence-corrected chi connectivity index (χ4v) is 3.00. The molecular weight excluding hydrogens is 398 g/mol. The summed E-state index contributed by atoms with van der Waals surface area (Å²) in [7, 11) is 0. The van der Waals surface area contributed by atoms with E-state index in [1.54, 1.807) is 12.1 Å². The smallest absolute Gasteiger partial charge is 0.408 e. The van der Waals surface area contributed by atoms with Gasteiger partial charge in [-0.15, -0.1) is 0 Å². The number of amides is 3. The number of alkyl carbamates (subject to hydrolysis) is 1. The molecule has 0 spiro atoms. The molecule has 8 nitrogen and oxygen atoms in total. The van der Waals surface area contributed by atoms with Gasteiger partial charge >= 0.3 is 6.09 Å². The summed E-state index contributed by atoms with van der Waals surface area (Å²) in [6.45, 7) is 1.38. The van der Waals surface area contributed by atoms with Crippen LogP contribution in [0.2, 0.25) is 0 Å². The van der Waals surface area contributed by atoms with Crippen molar-refractivity contribution in [3.8, 4) is 0 Å². The standard InChI is InChI=1S/C23H29N3O5/c1-16(27)20(26-23(30)31-15-18-11-6-3-7-12-18)22(29)25-19(21(24)28)14-8-13-17-9-4-2-5-10-17/h2-7,9-12,16,19-20,27H,8,13-15H2,1H3,(H2,24,28)(H,25,29)(H,26,30)/t16-,19+,20+/m1/s1. The highest BCUT2D eigenvalue weighted by Gasteiger charge is 2.29. The van der Waals surface area contributed by atoms with Gasteiger partial charge < -0.3 is 26.2 Å². The highest BCUT2D eigenvalue weighted by atomic mass is 16.5. The van der Waals surface area contributed by atoms with Crippen molar-refractivity contribution in [2.24, 2.45) is 5.73 Å². The molecule has 8 heteroatoms. The van der Waals surface area contributed by atoms with E-state index < -0.39 is 36.1 Å². The Morgan fingerprint density at radius 1 is 0.968 bits per heavy atom. The second kappa shape index (κ2) is 12.3. The van der Waals surface area contributed by atoms with Crippen LogP contribution in [-0.4, -0.2) is 41.2 Å². The second-order valence-corrected chi connectivity index (χ2v) is 7.27. The maximum Gasteiger partial charge on any atom is 0.408 e. The van der Waals surface area contributed by atoms with Crippen LogP contribution >= 0.6 is 0 Å². The average molecular weight is 428 g/mol. The molecule has 2 aromatic rings. The molecule has 0 aliphatic carbocycles. The van der Waals surface area contributed by atoms with E-state index in [-0.39, 0.29) is 6.61 Å². The molecule has 0 heterocycles. The zero-order valence-electron chi connectivity index (χ0n) is 17.5. The van der Waals surface area contributed by atoms with E-state index in [9.17, 15) is 19.5 Å². The molecule has 2 aromatic carbocycles. The van der Waals surface area contributed by atoms with Crippen molar-refractivity contribution in [1.82, 2.24) is 10.6 Å². The Morgan fingerprint density at radius 3 is 2.10 bits per heavy atom. The van der Waals surface area contributed by atoms with E-state index in [4.69, 9.17) is 10.5 Å². The Labute approximate surface area is 181 Å². The molecule has 0 aromatic heterocycles. The Morgan fingerprint density at radius 2 is 1.55 bits per heavy atom. The number of rotatable bonds is 11. The molecule has 3 atom stereocenters. The third-order valence-corrected chi connectivity index (χ3v) is 4.71. The lowest BCUT2D eigenvalue weighted by atomic mass is 10.0. The van der Waals surface area contributed by atoms with Crippen molar-refractivity contribution in [1.29, 1.82) is 0 Å². The first-order chi connectivity index (χ1) is 14.9. The number of aryl methyl sites for hydroxylation is 1. The van der Waals surface area contributed by atoms with Crippen molar-refractivity contribution in [3.05, 3.63) is 71.8 Å². The summed E-state index contributed by atoms with van der Waals surface area (Å²) in [5.74, 6) is -1.40. The molecular formula is C23H29N3O5. The van der Waals surface area contributed by atoms with Crippen molar-refractivity contribution in [2.75, 3.05) is 0 Å². The minimum absolute atomic E-state index is 0.0181. The highest BCUT2D eigenvalue weighted by molar-refractivity contribution is 5.91. The highest BCUT2D eigenvalue weighted by Crippen LogP contribution is 2.08. The van der Waals surface area contributed by atoms with Crippen LogP contribution in [0.4, 0.5) is 4.79 Å². The number of hydrogen-bond donors (Lipinski definition) is 4. The van der Waals surface area contributed by atoms with Gasteiger partial charge in [0.15, 0.2) is 0 Å². The summed E-state index contributed by atoms with van der Waals surface area (Å²) >= 11 is 0. The number of nitrogens with two attached hydrogens (primary N) is 1. The van der Waals surface area contributed by atoms with Crippen LogP contribution in [0.1, 0.15) is 30.9 Å². The summed E-state index contributed by atoms with van der Waals surface area (Å²) in [6.07, 6.45) is -0.374. The molecule has 0 fully saturated rings. The van der Waals surface area contributed by atoms with Crippen LogP contribution < -0.4 is 16.4 Å². The first-order valence-corrected chi connectivity index (χ1v) is 10.2. The van der Waals surface area contributed by atoms with Crippen LogP contribution in [0.15, 0.2) is 60.7 Å². The van der Waals surface area contributed by atoms with Crippen molar-refractivity contribution in [2.45, 2.75) is 51.0 Å². The number of hydrogen-bond acceptors (Lipinski definition) is 5. The summed E-state index contributed by atoms with van der Waals surface area (Å²) < 4.78 is 5.09. The first-order valence-electron chi connectivity index (χ1n) is 10.2. The molecule has 0 radical (unpaired) electrons. The van der Waals surface area contributed by atoms with Gasteiger partial charge in [-0.2, -0.15) is 0 Å². The van der Waals surface area contributed by atoms with Gasteiger partial charge in [0.1, 0.15) is 18.7 Å². The van der Waals surface area contributed by atoms with E-state index in [1.165, 1.54) is 6.92 Å². The van der Waals surface area contributed by atoms with Gasteiger partial charge in [-0.3, -0.25) is 9.59 Å². The van der Waals surface area contributed by atoms with Crippen LogP contribution in [0, 0.1) is 0 Å². The Kier molecular flexibility index (Phi) is 9.51. The van der Waals surface area contributed by atoms with Crippen LogP contribution in [0.5, 0.6) is 0 Å². The number of ether oxygens (including phenoxy) is 1. The molecule has 0 saturated carbocycles. The van der Waals surface area contributed by atoms with E-state index >= 15 is 0 Å². The number of nitrogens with one attached hydrogen (secondary N) is 2. The number of aliphatic hydroxyl groups is 1. The molecule has 0 saturated heterocycles. The Hall–Kier alpha value is -3.39. The van der Waals surface area contributed by atoms with Crippen molar-refractivity contribution >= 4 is 17.9 Å². The fraction of sp³-hybridized carbons (Fsp3) is 0.348. The maximum atomic E-state index is 12.6. The van der Waals surface area contributed by atoms with Gasteiger partial charge in [0.05, 0.1) is 6.10 Å². The number of primary amides is 1. The molecule has 31 heavy (non-hydrogen) atoms. The zero-order valence-corrected chi connectivity index (χ0v) is 17.5. The Bertz CT molecular complexity index is 843. The monoisotopic (exact) mass is 427 g/mol. The minimum Gasteiger partial charge on any atom is -0.445 e. The van der Waals surface area contributed by atoms with Gasteiger partial charge in [0.25, 0.3) is 0 Å². The minimum atomic E-state index is -1.29. The number of carbonyl (C=O) groups is 3. The summed E-state index contributed by atoms with van der Waals surface area (Å²) in [4.78, 5) is 36.4. The summed E-state index contributed by atoms with van der Waals surface area (Å²) in [5.41, 5.74) is 7.32. The zero-order chi connectivity index (χ0) is 22.6. The maximum absolute atomic E-state index is 12.6. The van der Waals surface area contributed by atoms with E-state index in [0.29, 0.717) is 12.8 Å². The third kappa shape index (κ3) is 8.47. The summed E-state index contributed by atoms with van der Waals surface area (Å²) in [5, 5.41) is 14.8. The van der Waals surface area contributed by atoms with Gasteiger partial charge in [0.2, 0.25) is 11.8 Å². The molecule has 3 amide bonds. The quantitative estimate of drug-likeness (QED) is 0.433.